The zero-order valence-electron chi connectivity index (χ0n) is 15.8. The van der Waals surface area contributed by atoms with Gasteiger partial charge in [0, 0.05) is 12.6 Å². The molecule has 0 saturated carbocycles. The van der Waals surface area contributed by atoms with Crippen LogP contribution in [0.1, 0.15) is 37.7 Å². The average Bonchev–Trinajstić information content (AvgIpc) is 3.23. The van der Waals surface area contributed by atoms with Crippen molar-refractivity contribution < 1.29 is 4.79 Å². The molecule has 27 heavy (non-hydrogen) atoms. The maximum atomic E-state index is 12.5. The van der Waals surface area contributed by atoms with Gasteiger partial charge in [-0.2, -0.15) is 5.10 Å². The maximum absolute atomic E-state index is 12.5. The minimum absolute atomic E-state index is 0.235. The SMILES string of the molecule is Cc1ccccc1-c1nnc(NC(=O)N[C@@H](CC(C)C)c2ncnn2C)s1. The third-order valence-corrected chi connectivity index (χ3v) is 4.96. The van der Waals surface area contributed by atoms with Gasteiger partial charge in [-0.3, -0.25) is 10.00 Å². The van der Waals surface area contributed by atoms with E-state index in [1.807, 2.05) is 38.2 Å². The van der Waals surface area contributed by atoms with Crippen molar-refractivity contribution in [2.45, 2.75) is 33.2 Å². The van der Waals surface area contributed by atoms with Crippen molar-refractivity contribution in [2.75, 3.05) is 5.32 Å². The molecule has 2 aromatic heterocycles. The van der Waals surface area contributed by atoms with Gasteiger partial charge in [-0.15, -0.1) is 10.2 Å². The number of carbonyl (C=O) groups is 1. The summed E-state index contributed by atoms with van der Waals surface area (Å²) in [5.41, 5.74) is 2.13. The fourth-order valence-corrected chi connectivity index (χ4v) is 3.64. The van der Waals surface area contributed by atoms with Crippen LogP contribution in [0.4, 0.5) is 9.93 Å². The second-order valence-corrected chi connectivity index (χ2v) is 7.73. The van der Waals surface area contributed by atoms with Crippen molar-refractivity contribution >= 4 is 22.5 Å². The highest BCUT2D eigenvalue weighted by atomic mass is 32.1. The molecule has 1 aromatic carbocycles. The summed E-state index contributed by atoms with van der Waals surface area (Å²) in [6.45, 7) is 6.22. The highest BCUT2D eigenvalue weighted by molar-refractivity contribution is 7.18. The standard InChI is InChI=1S/C18H23N7OS/c1-11(2)9-14(15-19-10-20-25(15)4)21-17(26)22-18-24-23-16(27-18)13-8-6-5-7-12(13)3/h5-8,10-11,14H,9H2,1-4H3,(H2,21,22,24,26)/t14-/m0/s1. The number of aryl methyl sites for hydroxylation is 2. The Morgan fingerprint density at radius 3 is 2.70 bits per heavy atom. The second kappa shape index (κ2) is 8.26. The Morgan fingerprint density at radius 2 is 2.04 bits per heavy atom. The van der Waals surface area contributed by atoms with E-state index in [1.54, 1.807) is 4.68 Å². The number of anilines is 1. The van der Waals surface area contributed by atoms with Crippen molar-refractivity contribution in [2.24, 2.45) is 13.0 Å². The Kier molecular flexibility index (Phi) is 5.80. The molecule has 8 nitrogen and oxygen atoms in total. The zero-order chi connectivity index (χ0) is 19.4. The van der Waals surface area contributed by atoms with Gasteiger partial charge in [0.25, 0.3) is 0 Å². The molecule has 3 rings (SSSR count). The molecule has 2 N–H and O–H groups in total. The Morgan fingerprint density at radius 1 is 1.26 bits per heavy atom. The monoisotopic (exact) mass is 385 g/mol. The lowest BCUT2D eigenvalue weighted by atomic mass is 10.0. The zero-order valence-corrected chi connectivity index (χ0v) is 16.6. The highest BCUT2D eigenvalue weighted by Crippen LogP contribution is 2.28. The van der Waals surface area contributed by atoms with Crippen LogP contribution in [0.5, 0.6) is 0 Å². The Labute approximate surface area is 162 Å². The van der Waals surface area contributed by atoms with Crippen molar-refractivity contribution in [3.8, 4) is 10.6 Å². The number of rotatable bonds is 6. The van der Waals surface area contributed by atoms with Gasteiger partial charge in [-0.25, -0.2) is 9.78 Å². The van der Waals surface area contributed by atoms with Gasteiger partial charge in [0.15, 0.2) is 0 Å². The first-order chi connectivity index (χ1) is 12.9. The predicted molar refractivity (Wildman–Crippen MR) is 105 cm³/mol. The van der Waals surface area contributed by atoms with Gasteiger partial charge in [0.1, 0.15) is 17.2 Å². The average molecular weight is 385 g/mol. The van der Waals surface area contributed by atoms with Gasteiger partial charge < -0.3 is 5.32 Å². The van der Waals surface area contributed by atoms with Gasteiger partial charge in [-0.05, 0) is 24.8 Å². The smallest absolute Gasteiger partial charge is 0.321 e. The van der Waals surface area contributed by atoms with Crippen LogP contribution in [-0.4, -0.2) is 31.0 Å². The summed E-state index contributed by atoms with van der Waals surface area (Å²) >= 11 is 1.34. The van der Waals surface area contributed by atoms with Crippen LogP contribution in [0.25, 0.3) is 10.6 Å². The van der Waals surface area contributed by atoms with Crippen LogP contribution in [-0.2, 0) is 7.05 Å². The van der Waals surface area contributed by atoms with Gasteiger partial charge in [0.05, 0.1) is 6.04 Å². The van der Waals surface area contributed by atoms with Crippen LogP contribution in [0, 0.1) is 12.8 Å². The van der Waals surface area contributed by atoms with Crippen molar-refractivity contribution in [1.29, 1.82) is 0 Å². The lowest BCUT2D eigenvalue weighted by Gasteiger charge is -2.19. The summed E-state index contributed by atoms with van der Waals surface area (Å²) in [6.07, 6.45) is 2.24. The number of nitrogens with zero attached hydrogens (tertiary/aromatic N) is 5. The van der Waals surface area contributed by atoms with E-state index < -0.39 is 0 Å². The van der Waals surface area contributed by atoms with Crippen LogP contribution in [0.2, 0.25) is 0 Å². The minimum atomic E-state index is -0.337. The first-order valence-electron chi connectivity index (χ1n) is 8.75. The number of benzene rings is 1. The van der Waals surface area contributed by atoms with Crippen LogP contribution >= 0.6 is 11.3 Å². The fraction of sp³-hybridized carbons (Fsp3) is 0.389. The summed E-state index contributed by atoms with van der Waals surface area (Å²) in [7, 11) is 1.81. The number of aromatic nitrogens is 5. The Balaban J connectivity index is 1.69. The molecule has 3 aromatic rings. The molecule has 0 unspecified atom stereocenters. The maximum Gasteiger partial charge on any atom is 0.321 e. The number of urea groups is 1. The number of amides is 2. The molecule has 142 valence electrons. The number of hydrogen-bond acceptors (Lipinski definition) is 6. The molecule has 2 amide bonds. The third kappa shape index (κ3) is 4.68. The third-order valence-electron chi connectivity index (χ3n) is 4.09. The van der Waals surface area contributed by atoms with E-state index in [0.29, 0.717) is 11.0 Å². The summed E-state index contributed by atoms with van der Waals surface area (Å²) < 4.78 is 1.68. The second-order valence-electron chi connectivity index (χ2n) is 6.75. The Hall–Kier alpha value is -2.81. The summed E-state index contributed by atoms with van der Waals surface area (Å²) in [5, 5.41) is 19.3. The molecule has 0 radical (unpaired) electrons. The van der Waals surface area contributed by atoms with E-state index in [0.717, 1.165) is 28.4 Å². The van der Waals surface area contributed by atoms with E-state index in [2.05, 4.69) is 44.8 Å². The van der Waals surface area contributed by atoms with Crippen LogP contribution in [0.15, 0.2) is 30.6 Å². The lowest BCUT2D eigenvalue weighted by Crippen LogP contribution is -2.34. The molecule has 2 heterocycles. The molecule has 0 fully saturated rings. The van der Waals surface area contributed by atoms with Crippen LogP contribution in [0.3, 0.4) is 0 Å². The molecule has 1 atom stereocenters. The molecule has 0 saturated heterocycles. The molecule has 0 aliphatic heterocycles. The van der Waals surface area contributed by atoms with E-state index in [1.165, 1.54) is 17.7 Å². The first-order valence-corrected chi connectivity index (χ1v) is 9.56. The van der Waals surface area contributed by atoms with E-state index >= 15 is 0 Å². The quantitative estimate of drug-likeness (QED) is 0.676. The van der Waals surface area contributed by atoms with Gasteiger partial charge >= 0.3 is 6.03 Å². The number of carbonyl (C=O) groups excluding carboxylic acids is 1. The van der Waals surface area contributed by atoms with Crippen molar-refractivity contribution in [3.63, 3.8) is 0 Å². The molecule has 0 bridgehead atoms. The van der Waals surface area contributed by atoms with Gasteiger partial charge in [-0.1, -0.05) is 49.4 Å². The van der Waals surface area contributed by atoms with E-state index in [4.69, 9.17) is 0 Å². The topological polar surface area (TPSA) is 97.6 Å². The summed E-state index contributed by atoms with van der Waals surface area (Å²) in [4.78, 5) is 16.7. The molecule has 9 heteroatoms. The summed E-state index contributed by atoms with van der Waals surface area (Å²) in [6, 6.07) is 7.38. The van der Waals surface area contributed by atoms with Crippen molar-refractivity contribution in [1.82, 2.24) is 30.3 Å². The molecular formula is C18H23N7OS. The van der Waals surface area contributed by atoms with E-state index in [-0.39, 0.29) is 12.1 Å². The molecule has 0 aliphatic rings. The number of nitrogens with one attached hydrogen (secondary N) is 2. The summed E-state index contributed by atoms with van der Waals surface area (Å²) in [5.74, 6) is 1.11. The van der Waals surface area contributed by atoms with Crippen molar-refractivity contribution in [3.05, 3.63) is 42.0 Å². The Bertz CT molecular complexity index is 918. The number of hydrogen-bond donors (Lipinski definition) is 2. The van der Waals surface area contributed by atoms with Gasteiger partial charge in [0.2, 0.25) is 5.13 Å². The fourth-order valence-electron chi connectivity index (χ4n) is 2.81. The molecular weight excluding hydrogens is 362 g/mol. The highest BCUT2D eigenvalue weighted by Gasteiger charge is 2.21. The molecule has 0 aliphatic carbocycles. The minimum Gasteiger partial charge on any atom is -0.328 e. The lowest BCUT2D eigenvalue weighted by molar-refractivity contribution is 0.245. The predicted octanol–water partition coefficient (Wildman–Crippen LogP) is 3.55. The first kappa shape index (κ1) is 19.0. The molecule has 0 spiro atoms. The normalized spacial score (nSPS) is 12.2. The largest absolute Gasteiger partial charge is 0.328 e. The van der Waals surface area contributed by atoms with Crippen LogP contribution < -0.4 is 10.6 Å². The van der Waals surface area contributed by atoms with E-state index in [9.17, 15) is 4.79 Å².